The molecule has 0 aliphatic rings. The Kier molecular flexibility index (Phi) is 6.85. The maximum atomic E-state index is 12.0. The Bertz CT molecular complexity index is 581. The van der Waals surface area contributed by atoms with E-state index >= 15 is 0 Å². The number of hydrogen-bond donors (Lipinski definition) is 1. The van der Waals surface area contributed by atoms with E-state index < -0.39 is 23.7 Å². The zero-order chi connectivity index (χ0) is 19.3. The van der Waals surface area contributed by atoms with Crippen molar-refractivity contribution in [3.63, 3.8) is 0 Å². The first-order valence-corrected chi connectivity index (χ1v) is 8.25. The Morgan fingerprint density at radius 1 is 1.00 bits per heavy atom. The van der Waals surface area contributed by atoms with Gasteiger partial charge in [-0.3, -0.25) is 0 Å². The summed E-state index contributed by atoms with van der Waals surface area (Å²) in [5.41, 5.74) is -0.0573. The quantitative estimate of drug-likeness (QED) is 0.822. The summed E-state index contributed by atoms with van der Waals surface area (Å²) in [6.45, 7) is 11.2. The van der Waals surface area contributed by atoms with Crippen molar-refractivity contribution in [2.45, 2.75) is 65.2 Å². The summed E-state index contributed by atoms with van der Waals surface area (Å²) in [7, 11) is 1.28. The fraction of sp³-hybridized carbons (Fsp3) is 0.579. The van der Waals surface area contributed by atoms with E-state index in [4.69, 9.17) is 14.2 Å². The lowest BCUT2D eigenvalue weighted by Crippen LogP contribution is -2.45. The van der Waals surface area contributed by atoms with Crippen molar-refractivity contribution in [1.29, 1.82) is 0 Å². The van der Waals surface area contributed by atoms with E-state index in [1.54, 1.807) is 20.8 Å². The summed E-state index contributed by atoms with van der Waals surface area (Å²) in [4.78, 5) is 23.9. The van der Waals surface area contributed by atoms with Crippen LogP contribution in [0.15, 0.2) is 24.3 Å². The number of amides is 1. The molecule has 0 bridgehead atoms. The minimum absolute atomic E-state index is 0.283. The molecule has 0 heterocycles. The van der Waals surface area contributed by atoms with Gasteiger partial charge in [0.25, 0.3) is 0 Å². The molecule has 1 aromatic carbocycles. The Morgan fingerprint density at radius 3 is 2.00 bits per heavy atom. The van der Waals surface area contributed by atoms with Gasteiger partial charge < -0.3 is 19.5 Å². The van der Waals surface area contributed by atoms with Crippen molar-refractivity contribution in [3.05, 3.63) is 29.8 Å². The van der Waals surface area contributed by atoms with Gasteiger partial charge in [0, 0.05) is 6.42 Å². The fourth-order valence-corrected chi connectivity index (χ4v) is 2.07. The van der Waals surface area contributed by atoms with Crippen LogP contribution >= 0.6 is 0 Å². The molecule has 1 N–H and O–H groups in total. The molecule has 1 aromatic rings. The molecule has 0 saturated heterocycles. The summed E-state index contributed by atoms with van der Waals surface area (Å²) in [6, 6.07) is 6.56. The van der Waals surface area contributed by atoms with Crippen LogP contribution in [-0.4, -0.2) is 36.4 Å². The molecule has 1 amide bonds. The van der Waals surface area contributed by atoms with Gasteiger partial charge in [-0.15, -0.1) is 0 Å². The first kappa shape index (κ1) is 20.8. The topological polar surface area (TPSA) is 73.9 Å². The number of methoxy groups -OCH3 is 1. The van der Waals surface area contributed by atoms with Gasteiger partial charge in [-0.2, -0.15) is 0 Å². The Hall–Kier alpha value is -2.24. The highest BCUT2D eigenvalue weighted by Gasteiger charge is 2.25. The number of nitrogens with one attached hydrogen (secondary N) is 1. The molecule has 0 aliphatic carbocycles. The molecule has 0 aromatic heterocycles. The third-order valence-electron chi connectivity index (χ3n) is 2.96. The van der Waals surface area contributed by atoms with E-state index in [0.717, 1.165) is 11.3 Å². The summed E-state index contributed by atoms with van der Waals surface area (Å²) >= 11 is 0. The third-order valence-corrected chi connectivity index (χ3v) is 2.96. The second-order valence-electron chi connectivity index (χ2n) is 7.78. The van der Waals surface area contributed by atoms with E-state index in [9.17, 15) is 9.59 Å². The summed E-state index contributed by atoms with van der Waals surface area (Å²) < 4.78 is 15.7. The Balaban J connectivity index is 2.78. The molecule has 6 heteroatoms. The van der Waals surface area contributed by atoms with Crippen molar-refractivity contribution in [2.24, 2.45) is 0 Å². The zero-order valence-electron chi connectivity index (χ0n) is 16.1. The van der Waals surface area contributed by atoms with Crippen LogP contribution in [0.2, 0.25) is 0 Å². The van der Waals surface area contributed by atoms with Crippen molar-refractivity contribution in [1.82, 2.24) is 5.32 Å². The van der Waals surface area contributed by atoms with Crippen LogP contribution in [0.4, 0.5) is 4.79 Å². The van der Waals surface area contributed by atoms with E-state index in [2.05, 4.69) is 5.32 Å². The van der Waals surface area contributed by atoms with E-state index in [0.29, 0.717) is 6.42 Å². The summed E-state index contributed by atoms with van der Waals surface area (Å²) in [6.07, 6.45) is -0.363. The van der Waals surface area contributed by atoms with E-state index in [1.807, 2.05) is 45.0 Å². The van der Waals surface area contributed by atoms with Crippen LogP contribution in [0.25, 0.3) is 0 Å². The van der Waals surface area contributed by atoms with Gasteiger partial charge in [-0.1, -0.05) is 12.1 Å². The summed E-state index contributed by atoms with van der Waals surface area (Å²) in [5, 5.41) is 2.56. The SMILES string of the molecule is COC(=O)C(Cc1ccc(OC(C)(C)C)cc1)NC(=O)OC(C)(C)C. The highest BCUT2D eigenvalue weighted by atomic mass is 16.6. The highest BCUT2D eigenvalue weighted by molar-refractivity contribution is 5.81. The molecule has 1 atom stereocenters. The van der Waals surface area contributed by atoms with Crippen molar-refractivity contribution in [3.8, 4) is 5.75 Å². The lowest BCUT2D eigenvalue weighted by Gasteiger charge is -2.23. The van der Waals surface area contributed by atoms with Crippen LogP contribution in [0.5, 0.6) is 5.75 Å². The first-order valence-electron chi connectivity index (χ1n) is 8.25. The van der Waals surface area contributed by atoms with Gasteiger partial charge in [-0.05, 0) is 59.2 Å². The second kappa shape index (κ2) is 8.23. The molecule has 25 heavy (non-hydrogen) atoms. The molecular formula is C19H29NO5. The van der Waals surface area contributed by atoms with Gasteiger partial charge in [0.05, 0.1) is 7.11 Å². The number of ether oxygens (including phenoxy) is 3. The lowest BCUT2D eigenvalue weighted by atomic mass is 10.1. The van der Waals surface area contributed by atoms with Gasteiger partial charge in [-0.25, -0.2) is 9.59 Å². The highest BCUT2D eigenvalue weighted by Crippen LogP contribution is 2.19. The normalized spacial score (nSPS) is 12.9. The molecular weight excluding hydrogens is 322 g/mol. The largest absolute Gasteiger partial charge is 0.488 e. The lowest BCUT2D eigenvalue weighted by molar-refractivity contribution is -0.143. The van der Waals surface area contributed by atoms with Gasteiger partial charge in [0.2, 0.25) is 0 Å². The van der Waals surface area contributed by atoms with Crippen molar-refractivity contribution in [2.75, 3.05) is 7.11 Å². The van der Waals surface area contributed by atoms with Crippen LogP contribution in [0.3, 0.4) is 0 Å². The molecule has 0 aliphatic heterocycles. The summed E-state index contributed by atoms with van der Waals surface area (Å²) in [5.74, 6) is 0.215. The van der Waals surface area contributed by atoms with Crippen molar-refractivity contribution >= 4 is 12.1 Å². The molecule has 6 nitrogen and oxygen atoms in total. The molecule has 0 spiro atoms. The Morgan fingerprint density at radius 2 is 1.56 bits per heavy atom. The molecule has 0 radical (unpaired) electrons. The molecule has 0 fully saturated rings. The predicted octanol–water partition coefficient (Wildman–Crippen LogP) is 3.47. The number of carbonyl (C=O) groups excluding carboxylic acids is 2. The number of esters is 1. The Labute approximate surface area is 149 Å². The monoisotopic (exact) mass is 351 g/mol. The number of hydrogen-bond acceptors (Lipinski definition) is 5. The molecule has 1 unspecified atom stereocenters. The minimum Gasteiger partial charge on any atom is -0.488 e. The van der Waals surface area contributed by atoms with Crippen LogP contribution in [0.1, 0.15) is 47.1 Å². The maximum Gasteiger partial charge on any atom is 0.408 e. The zero-order valence-corrected chi connectivity index (χ0v) is 16.1. The minimum atomic E-state index is -0.825. The van der Waals surface area contributed by atoms with Crippen LogP contribution in [-0.2, 0) is 20.7 Å². The fourth-order valence-electron chi connectivity index (χ4n) is 2.07. The third kappa shape index (κ3) is 8.42. The van der Waals surface area contributed by atoms with E-state index in [1.165, 1.54) is 7.11 Å². The molecule has 0 saturated carbocycles. The number of alkyl carbamates (subject to hydrolysis) is 1. The standard InChI is InChI=1S/C19H29NO5/c1-18(2,3)24-14-10-8-13(9-11-14)12-15(16(21)23-7)20-17(22)25-19(4,5)6/h8-11,15H,12H2,1-7H3,(H,20,22). The first-order chi connectivity index (χ1) is 11.4. The maximum absolute atomic E-state index is 12.0. The average Bonchev–Trinajstić information content (AvgIpc) is 2.44. The number of carbonyl (C=O) groups is 2. The van der Waals surface area contributed by atoms with Gasteiger partial charge in [0.15, 0.2) is 0 Å². The molecule has 140 valence electrons. The average molecular weight is 351 g/mol. The van der Waals surface area contributed by atoms with E-state index in [-0.39, 0.29) is 5.60 Å². The van der Waals surface area contributed by atoms with Crippen molar-refractivity contribution < 1.29 is 23.8 Å². The van der Waals surface area contributed by atoms with Crippen LogP contribution in [0, 0.1) is 0 Å². The smallest absolute Gasteiger partial charge is 0.408 e. The predicted molar refractivity (Wildman–Crippen MR) is 95.7 cm³/mol. The number of rotatable bonds is 5. The van der Waals surface area contributed by atoms with Crippen LogP contribution < -0.4 is 10.1 Å². The number of benzene rings is 1. The van der Waals surface area contributed by atoms with Gasteiger partial charge >= 0.3 is 12.1 Å². The second-order valence-corrected chi connectivity index (χ2v) is 7.78. The van der Waals surface area contributed by atoms with Gasteiger partial charge in [0.1, 0.15) is 23.0 Å². The molecule has 1 rings (SSSR count).